The average Bonchev–Trinajstić information content (AvgIpc) is 2.76. The smallest absolute Gasteiger partial charge is 0.340 e. The Morgan fingerprint density at radius 1 is 1.05 bits per heavy atom. The molecule has 21 heavy (non-hydrogen) atoms. The van der Waals surface area contributed by atoms with Gasteiger partial charge in [-0.2, -0.15) is 4.72 Å². The highest BCUT2D eigenvalue weighted by molar-refractivity contribution is 7.89. The average molecular weight is 303 g/mol. The molecule has 1 N–H and O–H groups in total. The Morgan fingerprint density at radius 2 is 1.71 bits per heavy atom. The van der Waals surface area contributed by atoms with Crippen LogP contribution < -0.4 is 4.72 Å². The molecule has 2 aromatic carbocycles. The summed E-state index contributed by atoms with van der Waals surface area (Å²) in [6, 6.07) is 13.2. The fourth-order valence-corrected chi connectivity index (χ4v) is 3.25. The molecule has 1 atom stereocenters. The van der Waals surface area contributed by atoms with Crippen LogP contribution >= 0.6 is 0 Å². The van der Waals surface area contributed by atoms with Gasteiger partial charge in [0.05, 0.1) is 10.5 Å². The van der Waals surface area contributed by atoms with E-state index in [4.69, 9.17) is 4.74 Å². The summed E-state index contributed by atoms with van der Waals surface area (Å²) in [4.78, 5) is 11.8. The van der Waals surface area contributed by atoms with E-state index in [-0.39, 0.29) is 4.90 Å². The number of fused-ring (bicyclic) bond motifs is 1. The molecule has 0 saturated carbocycles. The minimum atomic E-state index is -3.75. The van der Waals surface area contributed by atoms with Gasteiger partial charge in [-0.15, -0.1) is 0 Å². The van der Waals surface area contributed by atoms with Crippen molar-refractivity contribution < 1.29 is 17.9 Å². The van der Waals surface area contributed by atoms with Crippen molar-refractivity contribution in [2.24, 2.45) is 0 Å². The molecule has 6 heteroatoms. The molecular weight excluding hydrogens is 290 g/mol. The third-order valence-corrected chi connectivity index (χ3v) is 4.70. The Bertz CT molecular complexity index is 797. The maximum atomic E-state index is 12.3. The van der Waals surface area contributed by atoms with Crippen LogP contribution in [0.15, 0.2) is 53.4 Å². The molecule has 0 amide bonds. The summed E-state index contributed by atoms with van der Waals surface area (Å²) < 4.78 is 32.1. The molecule has 0 fully saturated rings. The molecule has 0 saturated heterocycles. The van der Waals surface area contributed by atoms with E-state index in [1.165, 1.54) is 12.1 Å². The van der Waals surface area contributed by atoms with Gasteiger partial charge in [0.15, 0.2) is 6.23 Å². The molecule has 2 aromatic rings. The summed E-state index contributed by atoms with van der Waals surface area (Å²) in [5, 5.41) is 0. The van der Waals surface area contributed by atoms with Crippen LogP contribution in [0, 0.1) is 6.92 Å². The van der Waals surface area contributed by atoms with Crippen LogP contribution in [0.2, 0.25) is 0 Å². The van der Waals surface area contributed by atoms with Crippen LogP contribution in [0.3, 0.4) is 0 Å². The first-order chi connectivity index (χ1) is 9.97. The number of carbonyl (C=O) groups is 1. The standard InChI is InChI=1S/C15H13NO4S/c1-10-6-8-11(9-7-10)21(18,19)16-14-12-4-2-3-5-13(12)15(17)20-14/h2-9,14,16H,1H3. The van der Waals surface area contributed by atoms with Crippen molar-refractivity contribution in [1.29, 1.82) is 0 Å². The monoisotopic (exact) mass is 303 g/mol. The van der Waals surface area contributed by atoms with E-state index in [2.05, 4.69) is 4.72 Å². The van der Waals surface area contributed by atoms with Gasteiger partial charge in [-0.1, -0.05) is 35.9 Å². The van der Waals surface area contributed by atoms with Gasteiger partial charge in [0.25, 0.3) is 0 Å². The quantitative estimate of drug-likeness (QED) is 0.882. The minimum Gasteiger partial charge on any atom is -0.438 e. The summed E-state index contributed by atoms with van der Waals surface area (Å²) in [6.45, 7) is 1.87. The zero-order chi connectivity index (χ0) is 15.0. The van der Waals surface area contributed by atoms with Crippen LogP contribution in [0.1, 0.15) is 27.7 Å². The van der Waals surface area contributed by atoms with Gasteiger partial charge in [-0.3, -0.25) is 0 Å². The molecule has 0 bridgehead atoms. The molecule has 0 aliphatic carbocycles. The molecule has 1 heterocycles. The summed E-state index contributed by atoms with van der Waals surface area (Å²) in [5.74, 6) is -0.526. The molecule has 0 aromatic heterocycles. The first kappa shape index (κ1) is 13.8. The predicted octanol–water partition coefficient (Wildman–Crippen LogP) is 2.14. The SMILES string of the molecule is Cc1ccc(S(=O)(=O)NC2OC(=O)c3ccccc32)cc1. The molecule has 1 unspecified atom stereocenters. The number of ether oxygens (including phenoxy) is 1. The number of hydrogen-bond acceptors (Lipinski definition) is 4. The Morgan fingerprint density at radius 3 is 2.43 bits per heavy atom. The van der Waals surface area contributed by atoms with Gasteiger partial charge in [-0.25, -0.2) is 13.2 Å². The van der Waals surface area contributed by atoms with Crippen molar-refractivity contribution in [2.75, 3.05) is 0 Å². The lowest BCUT2D eigenvalue weighted by molar-refractivity contribution is 0.0364. The number of sulfonamides is 1. The first-order valence-corrected chi connectivity index (χ1v) is 7.84. The van der Waals surface area contributed by atoms with Crippen LogP contribution in [-0.4, -0.2) is 14.4 Å². The molecule has 5 nitrogen and oxygen atoms in total. The lowest BCUT2D eigenvalue weighted by atomic mass is 10.1. The predicted molar refractivity (Wildman–Crippen MR) is 76.1 cm³/mol. The number of benzene rings is 2. The maximum Gasteiger partial charge on any atom is 0.340 e. The Hall–Kier alpha value is -2.18. The number of carbonyl (C=O) groups excluding carboxylic acids is 1. The van der Waals surface area contributed by atoms with Gasteiger partial charge in [0.1, 0.15) is 0 Å². The van der Waals surface area contributed by atoms with E-state index in [0.717, 1.165) is 5.56 Å². The number of cyclic esters (lactones) is 1. The number of aryl methyl sites for hydroxylation is 1. The topological polar surface area (TPSA) is 72.5 Å². The van der Waals surface area contributed by atoms with E-state index in [1.807, 2.05) is 6.92 Å². The van der Waals surface area contributed by atoms with Gasteiger partial charge in [-0.05, 0) is 25.1 Å². The van der Waals surface area contributed by atoms with Crippen LogP contribution in [0.25, 0.3) is 0 Å². The van der Waals surface area contributed by atoms with E-state index in [1.54, 1.807) is 36.4 Å². The molecule has 108 valence electrons. The second kappa shape index (κ2) is 4.98. The summed E-state index contributed by atoms with van der Waals surface area (Å²) >= 11 is 0. The molecular formula is C15H13NO4S. The fourth-order valence-electron chi connectivity index (χ4n) is 2.16. The maximum absolute atomic E-state index is 12.3. The zero-order valence-electron chi connectivity index (χ0n) is 11.2. The number of nitrogens with one attached hydrogen (secondary N) is 1. The molecule has 1 aliphatic rings. The van der Waals surface area contributed by atoms with Crippen molar-refractivity contribution in [3.05, 3.63) is 65.2 Å². The molecule has 3 rings (SSSR count). The second-order valence-electron chi connectivity index (χ2n) is 4.81. The Labute approximate surface area is 122 Å². The van der Waals surface area contributed by atoms with Crippen LogP contribution in [-0.2, 0) is 14.8 Å². The van der Waals surface area contributed by atoms with Crippen molar-refractivity contribution in [3.63, 3.8) is 0 Å². The fraction of sp³-hybridized carbons (Fsp3) is 0.133. The lowest BCUT2D eigenvalue weighted by Gasteiger charge is -2.13. The third-order valence-electron chi connectivity index (χ3n) is 3.28. The summed E-state index contributed by atoms with van der Waals surface area (Å²) in [7, 11) is -3.75. The van der Waals surface area contributed by atoms with Gasteiger partial charge >= 0.3 is 5.97 Å². The van der Waals surface area contributed by atoms with Gasteiger partial charge in [0, 0.05) is 5.56 Å². The molecule has 0 spiro atoms. The number of hydrogen-bond donors (Lipinski definition) is 1. The molecule has 0 radical (unpaired) electrons. The lowest BCUT2D eigenvalue weighted by Crippen LogP contribution is -2.28. The van der Waals surface area contributed by atoms with E-state index in [0.29, 0.717) is 11.1 Å². The van der Waals surface area contributed by atoms with E-state index < -0.39 is 22.2 Å². The van der Waals surface area contributed by atoms with Gasteiger partial charge < -0.3 is 4.74 Å². The van der Waals surface area contributed by atoms with Crippen LogP contribution in [0.4, 0.5) is 0 Å². The highest BCUT2D eigenvalue weighted by Crippen LogP contribution is 2.29. The summed E-state index contributed by atoms with van der Waals surface area (Å²) in [5.41, 5.74) is 1.87. The summed E-state index contributed by atoms with van der Waals surface area (Å²) in [6.07, 6.45) is -0.986. The zero-order valence-corrected chi connectivity index (χ0v) is 12.1. The number of esters is 1. The van der Waals surface area contributed by atoms with Crippen LogP contribution in [0.5, 0.6) is 0 Å². The highest BCUT2D eigenvalue weighted by Gasteiger charge is 2.33. The minimum absolute atomic E-state index is 0.133. The largest absolute Gasteiger partial charge is 0.438 e. The first-order valence-electron chi connectivity index (χ1n) is 6.36. The van der Waals surface area contributed by atoms with Crippen molar-refractivity contribution in [1.82, 2.24) is 4.72 Å². The normalized spacial score (nSPS) is 17.4. The van der Waals surface area contributed by atoms with Gasteiger partial charge in [0.2, 0.25) is 10.0 Å². The van der Waals surface area contributed by atoms with E-state index >= 15 is 0 Å². The Kier molecular flexibility index (Phi) is 3.27. The second-order valence-corrected chi connectivity index (χ2v) is 6.52. The van der Waals surface area contributed by atoms with Crippen molar-refractivity contribution in [3.8, 4) is 0 Å². The third kappa shape index (κ3) is 2.55. The van der Waals surface area contributed by atoms with Crippen molar-refractivity contribution >= 4 is 16.0 Å². The Balaban J connectivity index is 1.91. The van der Waals surface area contributed by atoms with Crippen molar-refractivity contribution in [2.45, 2.75) is 18.0 Å². The molecule has 1 aliphatic heterocycles. The highest BCUT2D eigenvalue weighted by atomic mass is 32.2. The van der Waals surface area contributed by atoms with E-state index in [9.17, 15) is 13.2 Å². The number of rotatable bonds is 3.